The Balaban J connectivity index is 2.14. The van der Waals surface area contributed by atoms with Crippen molar-refractivity contribution in [1.29, 1.82) is 0 Å². The van der Waals surface area contributed by atoms with Gasteiger partial charge in [0.25, 0.3) is 0 Å². The average molecular weight is 287 g/mol. The van der Waals surface area contributed by atoms with Crippen molar-refractivity contribution in [1.82, 2.24) is 20.2 Å². The third-order valence-corrected chi connectivity index (χ3v) is 3.12. The van der Waals surface area contributed by atoms with Gasteiger partial charge in [-0.05, 0) is 53.2 Å². The second-order valence-electron chi connectivity index (χ2n) is 4.58. The van der Waals surface area contributed by atoms with Crippen LogP contribution in [0.25, 0.3) is 17.1 Å². The monoisotopic (exact) mass is 287 g/mol. The number of rotatable bonds is 2. The third kappa shape index (κ3) is 2.33. The molecule has 3 rings (SSSR count). The molecule has 21 heavy (non-hydrogen) atoms. The lowest BCUT2D eigenvalue weighted by atomic mass is 10.1. The predicted molar refractivity (Wildman–Crippen MR) is 73.7 cm³/mol. The summed E-state index contributed by atoms with van der Waals surface area (Å²) in [6, 6.07) is 8.58. The first-order chi connectivity index (χ1) is 10.1. The number of aryl methyl sites for hydroxylation is 1. The van der Waals surface area contributed by atoms with E-state index in [-0.39, 0.29) is 11.5 Å². The van der Waals surface area contributed by atoms with Gasteiger partial charge in [0.05, 0.1) is 5.69 Å². The average Bonchev–Trinajstić information content (AvgIpc) is 2.91. The topological polar surface area (TPSA) is 69.6 Å². The fraction of sp³-hybridized carbons (Fsp3) is 0.0714. The molecule has 106 valence electrons. The first kappa shape index (κ1) is 13.2. The Morgan fingerprint density at radius 2 is 1.90 bits per heavy atom. The zero-order valence-corrected chi connectivity index (χ0v) is 11.1. The van der Waals surface area contributed by atoms with E-state index in [1.165, 1.54) is 28.9 Å². The summed E-state index contributed by atoms with van der Waals surface area (Å²) >= 11 is 0. The van der Waals surface area contributed by atoms with Gasteiger partial charge in [0.15, 0.2) is 5.82 Å². The maximum atomic E-state index is 13.7. The summed E-state index contributed by atoms with van der Waals surface area (Å²) in [6.07, 6.45) is 0. The van der Waals surface area contributed by atoms with Crippen LogP contribution in [-0.2, 0) is 0 Å². The molecule has 0 bridgehead atoms. The van der Waals surface area contributed by atoms with Gasteiger partial charge in [-0.25, -0.2) is 8.78 Å². The van der Waals surface area contributed by atoms with E-state index in [0.29, 0.717) is 22.6 Å². The lowest BCUT2D eigenvalue weighted by molar-refractivity contribution is 0.615. The molecule has 2 N–H and O–H groups in total. The van der Waals surface area contributed by atoms with Crippen molar-refractivity contribution in [2.24, 2.45) is 0 Å². The number of anilines is 1. The Morgan fingerprint density at radius 1 is 1.10 bits per heavy atom. The highest BCUT2D eigenvalue weighted by Crippen LogP contribution is 2.26. The number of nitrogens with two attached hydrogens (primary N) is 1. The number of tetrazole rings is 1. The Hall–Kier alpha value is -2.83. The van der Waals surface area contributed by atoms with Crippen molar-refractivity contribution in [3.05, 3.63) is 53.6 Å². The van der Waals surface area contributed by atoms with Crippen LogP contribution < -0.4 is 5.73 Å². The summed E-state index contributed by atoms with van der Waals surface area (Å²) in [5.41, 5.74) is 7.45. The molecule has 0 fully saturated rings. The molecule has 0 spiro atoms. The van der Waals surface area contributed by atoms with E-state index >= 15 is 0 Å². The fourth-order valence-corrected chi connectivity index (χ4v) is 1.98. The van der Waals surface area contributed by atoms with Gasteiger partial charge in [0.1, 0.15) is 11.6 Å². The quantitative estimate of drug-likeness (QED) is 0.735. The van der Waals surface area contributed by atoms with Crippen LogP contribution in [0.15, 0.2) is 36.4 Å². The highest BCUT2D eigenvalue weighted by Gasteiger charge is 2.14. The Kier molecular flexibility index (Phi) is 3.09. The highest BCUT2D eigenvalue weighted by molar-refractivity contribution is 5.72. The number of nitrogens with zero attached hydrogens (tertiary/aromatic N) is 4. The fourth-order valence-electron chi connectivity index (χ4n) is 1.98. The number of hydrogen-bond donors (Lipinski definition) is 1. The zero-order chi connectivity index (χ0) is 15.0. The van der Waals surface area contributed by atoms with Gasteiger partial charge in [-0.2, -0.15) is 4.68 Å². The molecule has 0 amide bonds. The van der Waals surface area contributed by atoms with E-state index in [1.54, 1.807) is 19.1 Å². The zero-order valence-electron chi connectivity index (χ0n) is 11.1. The number of aromatic nitrogens is 4. The van der Waals surface area contributed by atoms with Crippen LogP contribution in [0.2, 0.25) is 0 Å². The lowest BCUT2D eigenvalue weighted by Gasteiger charge is -2.07. The molecule has 0 aliphatic heterocycles. The smallest absolute Gasteiger partial charge is 0.189 e. The molecule has 0 atom stereocenters. The number of benzene rings is 2. The minimum absolute atomic E-state index is 0.207. The molecular weight excluding hydrogens is 276 g/mol. The first-order valence-corrected chi connectivity index (χ1v) is 6.16. The molecular formula is C14H11F2N5. The van der Waals surface area contributed by atoms with E-state index in [0.717, 1.165) is 0 Å². The van der Waals surface area contributed by atoms with Crippen molar-refractivity contribution in [2.75, 3.05) is 5.73 Å². The van der Waals surface area contributed by atoms with Crippen LogP contribution in [0.1, 0.15) is 5.56 Å². The Morgan fingerprint density at radius 3 is 2.62 bits per heavy atom. The van der Waals surface area contributed by atoms with Gasteiger partial charge in [0.2, 0.25) is 0 Å². The molecule has 1 heterocycles. The summed E-state index contributed by atoms with van der Waals surface area (Å²) in [5, 5.41) is 11.3. The second kappa shape index (κ2) is 4.93. The molecule has 1 aromatic heterocycles. The molecule has 0 unspecified atom stereocenters. The van der Waals surface area contributed by atoms with E-state index < -0.39 is 5.82 Å². The molecule has 7 heteroatoms. The minimum Gasteiger partial charge on any atom is -0.398 e. The van der Waals surface area contributed by atoms with Gasteiger partial charge in [-0.15, -0.1) is 5.10 Å². The van der Waals surface area contributed by atoms with Crippen LogP contribution in [0.3, 0.4) is 0 Å². The number of nitrogen functional groups attached to an aromatic ring is 1. The van der Waals surface area contributed by atoms with Crippen LogP contribution >= 0.6 is 0 Å². The van der Waals surface area contributed by atoms with Gasteiger partial charge in [-0.1, -0.05) is 6.07 Å². The summed E-state index contributed by atoms with van der Waals surface area (Å²) in [5.74, 6) is -0.492. The van der Waals surface area contributed by atoms with Crippen molar-refractivity contribution in [3.8, 4) is 17.1 Å². The Labute approximate surface area is 119 Å². The number of hydrogen-bond acceptors (Lipinski definition) is 4. The van der Waals surface area contributed by atoms with Crippen molar-refractivity contribution < 1.29 is 8.78 Å². The van der Waals surface area contributed by atoms with E-state index in [1.807, 2.05) is 0 Å². The summed E-state index contributed by atoms with van der Waals surface area (Å²) < 4.78 is 28.2. The highest BCUT2D eigenvalue weighted by atomic mass is 19.1. The van der Waals surface area contributed by atoms with Crippen molar-refractivity contribution in [2.45, 2.75) is 6.92 Å². The molecule has 3 aromatic rings. The first-order valence-electron chi connectivity index (χ1n) is 6.16. The summed E-state index contributed by atoms with van der Waals surface area (Å²) in [7, 11) is 0. The third-order valence-electron chi connectivity index (χ3n) is 3.12. The molecule has 2 aromatic carbocycles. The largest absolute Gasteiger partial charge is 0.398 e. The van der Waals surface area contributed by atoms with Gasteiger partial charge in [-0.3, -0.25) is 0 Å². The van der Waals surface area contributed by atoms with Gasteiger partial charge < -0.3 is 5.73 Å². The lowest BCUT2D eigenvalue weighted by Crippen LogP contribution is -2.03. The van der Waals surface area contributed by atoms with E-state index in [4.69, 9.17) is 5.73 Å². The summed E-state index contributed by atoms with van der Waals surface area (Å²) in [4.78, 5) is 0. The van der Waals surface area contributed by atoms with Gasteiger partial charge in [0, 0.05) is 11.3 Å². The van der Waals surface area contributed by atoms with Crippen LogP contribution in [0.4, 0.5) is 14.5 Å². The molecule has 0 saturated heterocycles. The number of halogens is 2. The molecule has 0 aliphatic rings. The molecule has 5 nitrogen and oxygen atoms in total. The molecule has 0 aliphatic carbocycles. The van der Waals surface area contributed by atoms with E-state index in [9.17, 15) is 8.78 Å². The van der Waals surface area contributed by atoms with Crippen molar-refractivity contribution in [3.63, 3.8) is 0 Å². The Bertz CT molecular complexity index is 813. The normalized spacial score (nSPS) is 10.8. The second-order valence-corrected chi connectivity index (χ2v) is 4.58. The molecule has 0 saturated carbocycles. The maximum Gasteiger partial charge on any atom is 0.189 e. The van der Waals surface area contributed by atoms with Crippen LogP contribution in [-0.4, -0.2) is 20.2 Å². The molecule has 0 radical (unpaired) electrons. The maximum absolute atomic E-state index is 13.7. The predicted octanol–water partition coefficient (Wildman–Crippen LogP) is 2.50. The van der Waals surface area contributed by atoms with Crippen LogP contribution in [0.5, 0.6) is 0 Å². The summed E-state index contributed by atoms with van der Waals surface area (Å²) in [6.45, 7) is 1.66. The SMILES string of the molecule is Cc1ccc(-n2nnnc2-c2ccc(F)cc2N)cc1F. The minimum atomic E-state index is -0.448. The van der Waals surface area contributed by atoms with E-state index in [2.05, 4.69) is 15.5 Å². The van der Waals surface area contributed by atoms with Gasteiger partial charge >= 0.3 is 0 Å². The van der Waals surface area contributed by atoms with Crippen molar-refractivity contribution >= 4 is 5.69 Å². The standard InChI is InChI=1S/C14H11F2N5/c1-8-2-4-10(7-12(8)16)21-14(18-19-20-21)11-5-3-9(15)6-13(11)17/h2-7H,17H2,1H3. The van der Waals surface area contributed by atoms with Crippen LogP contribution in [0, 0.1) is 18.6 Å².